The van der Waals surface area contributed by atoms with Crippen molar-refractivity contribution in [2.24, 2.45) is 5.73 Å². The lowest BCUT2D eigenvalue weighted by molar-refractivity contribution is 0.347. The van der Waals surface area contributed by atoms with Crippen molar-refractivity contribution in [3.63, 3.8) is 0 Å². The van der Waals surface area contributed by atoms with Gasteiger partial charge in [0.15, 0.2) is 11.5 Å². The molecule has 5 heteroatoms. The number of ether oxygens (including phenoxy) is 2. The highest BCUT2D eigenvalue weighted by atomic mass is 79.9. The van der Waals surface area contributed by atoms with Crippen molar-refractivity contribution in [3.8, 4) is 17.2 Å². The first kappa shape index (κ1) is 12.5. The summed E-state index contributed by atoms with van der Waals surface area (Å²) in [7, 11) is 3.10. The van der Waals surface area contributed by atoms with Crippen LogP contribution >= 0.6 is 15.9 Å². The third-order valence-corrected chi connectivity index (χ3v) is 3.84. The van der Waals surface area contributed by atoms with Crippen molar-refractivity contribution in [3.05, 3.63) is 16.1 Å². The fraction of sp³-hybridized carbons (Fsp3) is 0.500. The van der Waals surface area contributed by atoms with E-state index in [4.69, 9.17) is 15.2 Å². The van der Waals surface area contributed by atoms with E-state index in [1.165, 1.54) is 7.11 Å². The van der Waals surface area contributed by atoms with Crippen molar-refractivity contribution in [1.29, 1.82) is 0 Å². The zero-order valence-corrected chi connectivity index (χ0v) is 11.5. The number of phenolic OH excluding ortho intramolecular Hbond substituents is 1. The van der Waals surface area contributed by atoms with Crippen LogP contribution in [0.3, 0.4) is 0 Å². The largest absolute Gasteiger partial charge is 0.506 e. The Morgan fingerprint density at radius 3 is 2.53 bits per heavy atom. The molecule has 0 radical (unpaired) electrons. The molecular weight excluding hydrogens is 286 g/mol. The lowest BCUT2D eigenvalue weighted by Crippen LogP contribution is -2.24. The van der Waals surface area contributed by atoms with Gasteiger partial charge >= 0.3 is 0 Å². The SMILES string of the molecule is COc1cc(CC2(N)CC2)c(O)c(Br)c1OC. The number of hydrogen-bond donors (Lipinski definition) is 2. The third kappa shape index (κ3) is 2.35. The van der Waals surface area contributed by atoms with Gasteiger partial charge in [0.1, 0.15) is 10.2 Å². The van der Waals surface area contributed by atoms with Gasteiger partial charge in [0.05, 0.1) is 14.2 Å². The number of halogens is 1. The predicted molar refractivity (Wildman–Crippen MR) is 68.8 cm³/mol. The van der Waals surface area contributed by atoms with E-state index < -0.39 is 0 Å². The smallest absolute Gasteiger partial charge is 0.178 e. The summed E-state index contributed by atoms with van der Waals surface area (Å²) in [5.41, 5.74) is 6.69. The van der Waals surface area contributed by atoms with Crippen LogP contribution in [0.1, 0.15) is 18.4 Å². The van der Waals surface area contributed by atoms with Crippen LogP contribution in [0, 0.1) is 0 Å². The molecule has 94 valence electrons. The molecule has 0 heterocycles. The fourth-order valence-electron chi connectivity index (χ4n) is 1.84. The first-order valence-electron chi connectivity index (χ1n) is 5.42. The minimum atomic E-state index is -0.156. The average molecular weight is 302 g/mol. The molecule has 0 unspecified atom stereocenters. The second kappa shape index (κ2) is 4.38. The van der Waals surface area contributed by atoms with Gasteiger partial charge in [-0.25, -0.2) is 0 Å². The Morgan fingerprint density at radius 1 is 1.41 bits per heavy atom. The Hall–Kier alpha value is -0.940. The van der Waals surface area contributed by atoms with Gasteiger partial charge in [-0.2, -0.15) is 0 Å². The minimum Gasteiger partial charge on any atom is -0.506 e. The summed E-state index contributed by atoms with van der Waals surface area (Å²) in [6.45, 7) is 0. The van der Waals surface area contributed by atoms with E-state index in [0.29, 0.717) is 22.4 Å². The molecule has 17 heavy (non-hydrogen) atoms. The number of nitrogens with two attached hydrogens (primary N) is 1. The Bertz CT molecular complexity index is 444. The molecule has 1 fully saturated rings. The van der Waals surface area contributed by atoms with Gasteiger partial charge < -0.3 is 20.3 Å². The Labute approximate surface area is 109 Å². The molecule has 1 aromatic carbocycles. The first-order valence-corrected chi connectivity index (χ1v) is 6.21. The summed E-state index contributed by atoms with van der Waals surface area (Å²) in [4.78, 5) is 0. The lowest BCUT2D eigenvalue weighted by Gasteiger charge is -2.16. The lowest BCUT2D eigenvalue weighted by atomic mass is 10.0. The van der Waals surface area contributed by atoms with Crippen LogP contribution in [0.2, 0.25) is 0 Å². The number of hydrogen-bond acceptors (Lipinski definition) is 4. The van der Waals surface area contributed by atoms with Crippen molar-refractivity contribution < 1.29 is 14.6 Å². The van der Waals surface area contributed by atoms with Gasteiger partial charge in [-0.15, -0.1) is 0 Å². The zero-order valence-electron chi connectivity index (χ0n) is 9.92. The Morgan fingerprint density at radius 2 is 2.06 bits per heavy atom. The standard InChI is InChI=1S/C12H16BrNO3/c1-16-8-5-7(6-12(14)3-4-12)10(15)9(13)11(8)17-2/h5,15H,3-4,6,14H2,1-2H3. The molecule has 1 aliphatic carbocycles. The Balaban J connectivity index is 2.42. The molecule has 4 nitrogen and oxygen atoms in total. The molecule has 0 aliphatic heterocycles. The maximum absolute atomic E-state index is 10.1. The van der Waals surface area contributed by atoms with Crippen LogP contribution in [-0.4, -0.2) is 24.9 Å². The summed E-state index contributed by atoms with van der Waals surface area (Å²) in [5, 5.41) is 10.1. The second-order valence-corrected chi connectivity index (χ2v) is 5.27. The maximum atomic E-state index is 10.1. The number of rotatable bonds is 4. The summed E-state index contributed by atoms with van der Waals surface area (Å²) >= 11 is 3.32. The highest BCUT2D eigenvalue weighted by molar-refractivity contribution is 9.10. The fourth-order valence-corrected chi connectivity index (χ4v) is 2.45. The first-order chi connectivity index (χ1) is 8.00. The van der Waals surface area contributed by atoms with Gasteiger partial charge in [-0.3, -0.25) is 0 Å². The van der Waals surface area contributed by atoms with Crippen LogP contribution < -0.4 is 15.2 Å². The summed E-state index contributed by atoms with van der Waals surface area (Å²) in [5.74, 6) is 1.27. The third-order valence-electron chi connectivity index (χ3n) is 3.10. The molecule has 0 spiro atoms. The molecule has 0 bridgehead atoms. The number of benzene rings is 1. The highest BCUT2D eigenvalue weighted by Gasteiger charge is 2.39. The number of aromatic hydroxyl groups is 1. The van der Waals surface area contributed by atoms with Crippen LogP contribution in [0.25, 0.3) is 0 Å². The molecule has 3 N–H and O–H groups in total. The molecular formula is C12H16BrNO3. The van der Waals surface area contributed by atoms with Crippen molar-refractivity contribution >= 4 is 15.9 Å². The zero-order chi connectivity index (χ0) is 12.6. The molecule has 1 saturated carbocycles. The summed E-state index contributed by atoms with van der Waals surface area (Å²) < 4.78 is 10.9. The molecule has 0 atom stereocenters. The van der Waals surface area contributed by atoms with Crippen LogP contribution in [0.15, 0.2) is 10.5 Å². The number of phenols is 1. The van der Waals surface area contributed by atoms with E-state index in [-0.39, 0.29) is 11.3 Å². The maximum Gasteiger partial charge on any atom is 0.178 e. The van der Waals surface area contributed by atoms with Gasteiger partial charge in [0.25, 0.3) is 0 Å². The molecule has 0 saturated heterocycles. The molecule has 0 amide bonds. The topological polar surface area (TPSA) is 64.7 Å². The van der Waals surface area contributed by atoms with Gasteiger partial charge in [0.2, 0.25) is 0 Å². The van der Waals surface area contributed by atoms with Crippen LogP contribution in [-0.2, 0) is 6.42 Å². The van der Waals surface area contributed by atoms with Crippen molar-refractivity contribution in [2.75, 3.05) is 14.2 Å². The number of methoxy groups -OCH3 is 2. The van der Waals surface area contributed by atoms with Crippen molar-refractivity contribution in [1.82, 2.24) is 0 Å². The minimum absolute atomic E-state index is 0.156. The summed E-state index contributed by atoms with van der Waals surface area (Å²) in [6.07, 6.45) is 2.65. The second-order valence-electron chi connectivity index (χ2n) is 4.47. The average Bonchev–Trinajstić information content (AvgIpc) is 3.02. The predicted octanol–water partition coefficient (Wildman–Crippen LogP) is 2.21. The molecule has 1 aromatic rings. The monoisotopic (exact) mass is 301 g/mol. The van der Waals surface area contributed by atoms with E-state index in [1.807, 2.05) is 0 Å². The van der Waals surface area contributed by atoms with E-state index in [9.17, 15) is 5.11 Å². The van der Waals surface area contributed by atoms with Crippen molar-refractivity contribution in [2.45, 2.75) is 24.8 Å². The Kier molecular flexibility index (Phi) is 3.23. The molecule has 0 aromatic heterocycles. The van der Waals surface area contributed by atoms with E-state index in [2.05, 4.69) is 15.9 Å². The van der Waals surface area contributed by atoms with Gasteiger partial charge in [-0.1, -0.05) is 0 Å². The van der Waals surface area contributed by atoms with Crippen LogP contribution in [0.4, 0.5) is 0 Å². The van der Waals surface area contributed by atoms with E-state index in [1.54, 1.807) is 13.2 Å². The normalized spacial score (nSPS) is 16.7. The van der Waals surface area contributed by atoms with Gasteiger partial charge in [-0.05, 0) is 41.3 Å². The highest BCUT2D eigenvalue weighted by Crippen LogP contribution is 2.46. The van der Waals surface area contributed by atoms with E-state index in [0.717, 1.165) is 18.4 Å². The van der Waals surface area contributed by atoms with Gasteiger partial charge in [0, 0.05) is 11.1 Å². The van der Waals surface area contributed by atoms with E-state index >= 15 is 0 Å². The summed E-state index contributed by atoms with van der Waals surface area (Å²) in [6, 6.07) is 1.78. The quantitative estimate of drug-likeness (QED) is 0.895. The molecule has 2 rings (SSSR count). The molecule has 1 aliphatic rings. The van der Waals surface area contributed by atoms with Crippen LogP contribution in [0.5, 0.6) is 17.2 Å².